The smallest absolute Gasteiger partial charge is 0.0103 e. The van der Waals surface area contributed by atoms with E-state index in [4.69, 9.17) is 0 Å². The van der Waals surface area contributed by atoms with Gasteiger partial charge in [0.1, 0.15) is 0 Å². The van der Waals surface area contributed by atoms with Crippen LogP contribution >= 0.6 is 16.4 Å². The molecule has 0 bridgehead atoms. The van der Waals surface area contributed by atoms with E-state index in [2.05, 4.69) is 35.2 Å². The quantitative estimate of drug-likeness (QED) is 0.708. The zero-order chi connectivity index (χ0) is 11.1. The third-order valence-corrected chi connectivity index (χ3v) is 3.67. The summed E-state index contributed by atoms with van der Waals surface area (Å²) in [6, 6.07) is 20.6. The number of rotatable bonds is 2. The van der Waals surface area contributed by atoms with E-state index in [1.807, 2.05) is 36.4 Å². The van der Waals surface area contributed by atoms with Crippen LogP contribution in [0.1, 0.15) is 0 Å². The van der Waals surface area contributed by atoms with Gasteiger partial charge < -0.3 is 0 Å². The summed E-state index contributed by atoms with van der Waals surface area (Å²) < 4.78 is 0. The minimum Gasteiger partial charge on any atom is -0.0622 e. The van der Waals surface area contributed by atoms with Gasteiger partial charge in [0.15, 0.2) is 0 Å². The number of benzene rings is 2. The van der Waals surface area contributed by atoms with Crippen LogP contribution in [0, 0.1) is 0 Å². The first kappa shape index (κ1) is 11.1. The Labute approximate surface area is 98.9 Å². The summed E-state index contributed by atoms with van der Waals surface area (Å²) in [5.74, 6) is 0. The molecule has 0 radical (unpaired) electrons. The highest BCUT2D eigenvalue weighted by Gasteiger charge is 1.81. The van der Waals surface area contributed by atoms with Crippen LogP contribution in [0.25, 0.3) is 0 Å². The Bertz CT molecular complexity index is 480. The fourth-order valence-electron chi connectivity index (χ4n) is 1.18. The lowest BCUT2D eigenvalue weighted by Crippen LogP contribution is -1.87. The monoisotopic (exact) mass is 240 g/mol. The maximum absolute atomic E-state index is 3.16. The Hall–Kier alpha value is -1.40. The van der Waals surface area contributed by atoms with E-state index >= 15 is 0 Å². The minimum atomic E-state index is 1.08. The summed E-state index contributed by atoms with van der Waals surface area (Å²) in [5.41, 5.74) is 6.32. The van der Waals surface area contributed by atoms with Gasteiger partial charge in [0.25, 0.3) is 0 Å². The first-order chi connectivity index (χ1) is 7.95. The van der Waals surface area contributed by atoms with Crippen molar-refractivity contribution < 1.29 is 0 Å². The molecule has 76 valence electrons. The maximum atomic E-state index is 3.16. The summed E-state index contributed by atoms with van der Waals surface area (Å²) >= 11 is 0. The van der Waals surface area contributed by atoms with E-state index in [9.17, 15) is 0 Å². The van der Waals surface area contributed by atoms with Crippen LogP contribution in [0.3, 0.4) is 0 Å². The average molecular weight is 240 g/mol. The van der Waals surface area contributed by atoms with Crippen molar-refractivity contribution in [1.82, 2.24) is 0 Å². The molecule has 0 nitrogen and oxygen atoms in total. The summed E-state index contributed by atoms with van der Waals surface area (Å²) in [7, 11) is 2.16. The van der Waals surface area contributed by atoms with Gasteiger partial charge >= 0.3 is 0 Å². The Kier molecular flexibility index (Phi) is 4.33. The molecule has 16 heavy (non-hydrogen) atoms. The SMILES string of the molecule is C(=C=Pc1ccccc1)=Pc1ccccc1. The molecular weight excluding hydrogens is 230 g/mol. The standard InChI is InChI=1S/C14H10P2/c1-3-7-13(8-4-1)15-11-12-16-14-9-5-2-6-10-14/h1-10H. The first-order valence-electron chi connectivity index (χ1n) is 4.97. The Morgan fingerprint density at radius 2 is 0.938 bits per heavy atom. The molecule has 0 saturated carbocycles. The second-order valence-electron chi connectivity index (χ2n) is 3.12. The molecular formula is C14H10P2. The predicted molar refractivity (Wildman–Crippen MR) is 76.0 cm³/mol. The molecule has 0 aliphatic carbocycles. The van der Waals surface area contributed by atoms with Crippen molar-refractivity contribution in [3.63, 3.8) is 0 Å². The number of hydrogen-bond donors (Lipinski definition) is 0. The molecule has 0 atom stereocenters. The van der Waals surface area contributed by atoms with Gasteiger partial charge in [-0.25, -0.2) is 0 Å². The fraction of sp³-hybridized carbons (Fsp3) is 0. The Morgan fingerprint density at radius 3 is 1.31 bits per heavy atom. The third-order valence-electron chi connectivity index (χ3n) is 1.93. The highest BCUT2D eigenvalue weighted by molar-refractivity contribution is 7.52. The van der Waals surface area contributed by atoms with Crippen molar-refractivity contribution >= 4 is 37.9 Å². The number of hydrogen-bond acceptors (Lipinski definition) is 0. The van der Waals surface area contributed by atoms with E-state index in [1.165, 1.54) is 10.6 Å². The van der Waals surface area contributed by atoms with Gasteiger partial charge in [-0.3, -0.25) is 0 Å². The second-order valence-corrected chi connectivity index (χ2v) is 5.05. The molecule has 0 amide bonds. The molecule has 0 saturated heterocycles. The molecule has 0 N–H and O–H groups in total. The molecule has 0 aliphatic heterocycles. The molecule has 0 unspecified atom stereocenters. The summed E-state index contributed by atoms with van der Waals surface area (Å²) in [6.45, 7) is 0. The van der Waals surface area contributed by atoms with Gasteiger partial charge in [0, 0.05) is 10.6 Å². The summed E-state index contributed by atoms with van der Waals surface area (Å²) in [5, 5.41) is 2.50. The van der Waals surface area contributed by atoms with Crippen LogP contribution in [0.5, 0.6) is 0 Å². The Balaban J connectivity index is 2.16. The molecule has 0 aliphatic rings. The third kappa shape index (κ3) is 3.63. The van der Waals surface area contributed by atoms with Crippen molar-refractivity contribution in [3.05, 3.63) is 60.7 Å². The van der Waals surface area contributed by atoms with E-state index in [0.717, 1.165) is 16.4 Å². The highest BCUT2D eigenvalue weighted by atomic mass is 31.1. The average Bonchev–Trinajstić information content (AvgIpc) is 2.37. The predicted octanol–water partition coefficient (Wildman–Crippen LogP) is 2.89. The largest absolute Gasteiger partial charge is 0.0622 e. The maximum Gasteiger partial charge on any atom is 0.0103 e. The zero-order valence-electron chi connectivity index (χ0n) is 8.67. The molecule has 2 rings (SSSR count). The van der Waals surface area contributed by atoms with Gasteiger partial charge in [-0.05, 0) is 51.6 Å². The summed E-state index contributed by atoms with van der Waals surface area (Å²) in [6.07, 6.45) is 0. The zero-order valence-corrected chi connectivity index (χ0v) is 10.5. The lowest BCUT2D eigenvalue weighted by Gasteiger charge is -1.85. The lowest BCUT2D eigenvalue weighted by molar-refractivity contribution is 1.78. The van der Waals surface area contributed by atoms with Crippen molar-refractivity contribution in [2.45, 2.75) is 0 Å². The van der Waals surface area contributed by atoms with Gasteiger partial charge in [-0.15, -0.1) is 0 Å². The molecule has 0 aromatic heterocycles. The lowest BCUT2D eigenvalue weighted by atomic mass is 10.4. The van der Waals surface area contributed by atoms with Gasteiger partial charge in [-0.2, -0.15) is 0 Å². The minimum absolute atomic E-state index is 1.08. The summed E-state index contributed by atoms with van der Waals surface area (Å²) in [4.78, 5) is 0. The molecule has 2 aromatic carbocycles. The van der Waals surface area contributed by atoms with Crippen LogP contribution in [-0.2, 0) is 0 Å². The second kappa shape index (κ2) is 6.24. The van der Waals surface area contributed by atoms with Crippen LogP contribution in [-0.4, -0.2) is 10.9 Å². The molecule has 2 aromatic rings. The van der Waals surface area contributed by atoms with Gasteiger partial charge in [-0.1, -0.05) is 36.4 Å². The van der Waals surface area contributed by atoms with Crippen molar-refractivity contribution in [1.29, 1.82) is 0 Å². The van der Waals surface area contributed by atoms with E-state index < -0.39 is 0 Å². The van der Waals surface area contributed by atoms with Gasteiger partial charge in [0.05, 0.1) is 0 Å². The highest BCUT2D eigenvalue weighted by Crippen LogP contribution is 1.96. The fourth-order valence-corrected chi connectivity index (χ4v) is 2.48. The van der Waals surface area contributed by atoms with Crippen molar-refractivity contribution in [2.24, 2.45) is 0 Å². The van der Waals surface area contributed by atoms with Crippen molar-refractivity contribution in [2.75, 3.05) is 0 Å². The van der Waals surface area contributed by atoms with E-state index in [-0.39, 0.29) is 0 Å². The van der Waals surface area contributed by atoms with Crippen LogP contribution in [0.15, 0.2) is 60.7 Å². The molecule has 0 fully saturated rings. The van der Waals surface area contributed by atoms with E-state index in [0.29, 0.717) is 0 Å². The van der Waals surface area contributed by atoms with E-state index in [1.54, 1.807) is 0 Å². The van der Waals surface area contributed by atoms with Crippen LogP contribution in [0.4, 0.5) is 0 Å². The topological polar surface area (TPSA) is 0 Å². The first-order valence-corrected chi connectivity index (χ1v) is 6.75. The molecule has 2 heteroatoms. The molecule has 0 spiro atoms. The van der Waals surface area contributed by atoms with Crippen LogP contribution < -0.4 is 10.6 Å². The Morgan fingerprint density at radius 1 is 0.562 bits per heavy atom. The van der Waals surface area contributed by atoms with Crippen molar-refractivity contribution in [3.8, 4) is 0 Å². The molecule has 0 heterocycles. The van der Waals surface area contributed by atoms with Crippen LogP contribution in [0.2, 0.25) is 0 Å². The van der Waals surface area contributed by atoms with Gasteiger partial charge in [0.2, 0.25) is 0 Å². The normalized spacial score (nSPS) is 9.75.